The molecule has 0 bridgehead atoms. The Hall–Kier alpha value is -1.32. The number of benzene rings is 2. The van der Waals surface area contributed by atoms with Crippen LogP contribution in [0.1, 0.15) is 28.2 Å². The predicted molar refractivity (Wildman–Crippen MR) is 92.1 cm³/mol. The van der Waals surface area contributed by atoms with Crippen LogP contribution in [0.15, 0.2) is 40.9 Å². The third-order valence-corrected chi connectivity index (χ3v) is 4.49. The molecule has 2 aromatic rings. The standard InChI is InChI=1S/C18H22BrNO/c1-12-4-5-14(8-13(12)2)16(11-20)9-15-10-17(19)6-7-18(15)21-3/h4-8,10,16H,9,11,20H2,1-3H3. The minimum absolute atomic E-state index is 0.299. The van der Waals surface area contributed by atoms with Gasteiger partial charge in [-0.25, -0.2) is 0 Å². The smallest absolute Gasteiger partial charge is 0.122 e. The number of nitrogens with two attached hydrogens (primary N) is 1. The summed E-state index contributed by atoms with van der Waals surface area (Å²) in [5, 5.41) is 0. The highest BCUT2D eigenvalue weighted by Crippen LogP contribution is 2.29. The summed E-state index contributed by atoms with van der Waals surface area (Å²) < 4.78 is 6.53. The lowest BCUT2D eigenvalue weighted by molar-refractivity contribution is 0.408. The molecule has 0 aliphatic rings. The predicted octanol–water partition coefficient (Wildman–Crippen LogP) is 4.36. The van der Waals surface area contributed by atoms with E-state index in [2.05, 4.69) is 54.0 Å². The summed E-state index contributed by atoms with van der Waals surface area (Å²) in [5.74, 6) is 1.22. The van der Waals surface area contributed by atoms with Gasteiger partial charge in [-0.1, -0.05) is 34.1 Å². The molecule has 112 valence electrons. The first kappa shape index (κ1) is 16.1. The van der Waals surface area contributed by atoms with Gasteiger partial charge in [0.05, 0.1) is 7.11 Å². The molecule has 0 fully saturated rings. The molecule has 0 heterocycles. The molecular formula is C18H22BrNO. The molecule has 3 heteroatoms. The monoisotopic (exact) mass is 347 g/mol. The fourth-order valence-electron chi connectivity index (χ4n) is 2.53. The van der Waals surface area contributed by atoms with Crippen LogP contribution in [0.4, 0.5) is 0 Å². The number of ether oxygens (including phenoxy) is 1. The Kier molecular flexibility index (Phi) is 5.43. The minimum atomic E-state index is 0.299. The second-order valence-electron chi connectivity index (χ2n) is 5.44. The van der Waals surface area contributed by atoms with Crippen molar-refractivity contribution < 1.29 is 4.74 Å². The van der Waals surface area contributed by atoms with Gasteiger partial charge in [-0.3, -0.25) is 0 Å². The zero-order chi connectivity index (χ0) is 15.4. The maximum atomic E-state index is 6.02. The van der Waals surface area contributed by atoms with Gasteiger partial charge >= 0.3 is 0 Å². The van der Waals surface area contributed by atoms with Crippen LogP contribution in [-0.4, -0.2) is 13.7 Å². The van der Waals surface area contributed by atoms with Crippen LogP contribution in [0.25, 0.3) is 0 Å². The van der Waals surface area contributed by atoms with E-state index in [0.29, 0.717) is 12.5 Å². The lowest BCUT2D eigenvalue weighted by Gasteiger charge is -2.18. The Morgan fingerprint density at radius 1 is 1.10 bits per heavy atom. The van der Waals surface area contributed by atoms with Gasteiger partial charge in [-0.05, 0) is 67.3 Å². The third-order valence-electron chi connectivity index (χ3n) is 4.00. The van der Waals surface area contributed by atoms with E-state index in [-0.39, 0.29) is 0 Å². The van der Waals surface area contributed by atoms with Crippen LogP contribution in [0, 0.1) is 13.8 Å². The van der Waals surface area contributed by atoms with Crippen molar-refractivity contribution >= 4 is 15.9 Å². The molecular weight excluding hydrogens is 326 g/mol. The molecule has 0 saturated heterocycles. The van der Waals surface area contributed by atoms with Gasteiger partial charge in [0, 0.05) is 10.4 Å². The van der Waals surface area contributed by atoms with Crippen molar-refractivity contribution in [2.24, 2.45) is 5.73 Å². The van der Waals surface area contributed by atoms with E-state index in [1.807, 2.05) is 12.1 Å². The van der Waals surface area contributed by atoms with Gasteiger partial charge in [0.25, 0.3) is 0 Å². The lowest BCUT2D eigenvalue weighted by atomic mass is 9.90. The first-order valence-electron chi connectivity index (χ1n) is 7.14. The SMILES string of the molecule is COc1ccc(Br)cc1CC(CN)c1ccc(C)c(C)c1. The van der Waals surface area contributed by atoms with Gasteiger partial charge < -0.3 is 10.5 Å². The zero-order valence-corrected chi connectivity index (χ0v) is 14.4. The van der Waals surface area contributed by atoms with E-state index in [1.54, 1.807) is 7.11 Å². The highest BCUT2D eigenvalue weighted by molar-refractivity contribution is 9.10. The van der Waals surface area contributed by atoms with Crippen LogP contribution in [-0.2, 0) is 6.42 Å². The van der Waals surface area contributed by atoms with E-state index in [4.69, 9.17) is 10.5 Å². The van der Waals surface area contributed by atoms with Crippen LogP contribution in [0.3, 0.4) is 0 Å². The van der Waals surface area contributed by atoms with E-state index in [1.165, 1.54) is 22.3 Å². The molecule has 0 radical (unpaired) electrons. The Morgan fingerprint density at radius 3 is 2.48 bits per heavy atom. The summed E-state index contributed by atoms with van der Waals surface area (Å²) in [7, 11) is 1.71. The van der Waals surface area contributed by atoms with Crippen LogP contribution >= 0.6 is 15.9 Å². The largest absolute Gasteiger partial charge is 0.496 e. The highest BCUT2D eigenvalue weighted by atomic mass is 79.9. The van der Waals surface area contributed by atoms with Crippen LogP contribution in [0.5, 0.6) is 5.75 Å². The maximum Gasteiger partial charge on any atom is 0.122 e. The number of hydrogen-bond acceptors (Lipinski definition) is 2. The number of aryl methyl sites for hydroxylation is 2. The average Bonchev–Trinajstić information content (AvgIpc) is 2.48. The molecule has 0 saturated carbocycles. The van der Waals surface area contributed by atoms with Gasteiger partial charge in [-0.2, -0.15) is 0 Å². The summed E-state index contributed by atoms with van der Waals surface area (Å²) in [6.45, 7) is 4.90. The summed E-state index contributed by atoms with van der Waals surface area (Å²) in [5.41, 5.74) is 11.1. The van der Waals surface area contributed by atoms with E-state index in [9.17, 15) is 0 Å². The molecule has 1 unspecified atom stereocenters. The second kappa shape index (κ2) is 7.10. The zero-order valence-electron chi connectivity index (χ0n) is 12.8. The van der Waals surface area contributed by atoms with Crippen molar-refractivity contribution in [1.29, 1.82) is 0 Å². The fourth-order valence-corrected chi connectivity index (χ4v) is 2.94. The molecule has 2 nitrogen and oxygen atoms in total. The molecule has 2 N–H and O–H groups in total. The van der Waals surface area contributed by atoms with Crippen molar-refractivity contribution in [1.82, 2.24) is 0 Å². The van der Waals surface area contributed by atoms with E-state index >= 15 is 0 Å². The van der Waals surface area contributed by atoms with Crippen molar-refractivity contribution in [2.45, 2.75) is 26.2 Å². The van der Waals surface area contributed by atoms with Gasteiger partial charge in [0.1, 0.15) is 5.75 Å². The number of methoxy groups -OCH3 is 1. The quantitative estimate of drug-likeness (QED) is 0.871. The van der Waals surface area contributed by atoms with E-state index in [0.717, 1.165) is 16.6 Å². The summed E-state index contributed by atoms with van der Waals surface area (Å²) >= 11 is 3.53. The Bertz CT molecular complexity index is 625. The summed E-state index contributed by atoms with van der Waals surface area (Å²) in [6.07, 6.45) is 0.877. The van der Waals surface area contributed by atoms with Crippen molar-refractivity contribution in [3.63, 3.8) is 0 Å². The topological polar surface area (TPSA) is 35.2 Å². The molecule has 2 rings (SSSR count). The molecule has 0 aliphatic heterocycles. The Morgan fingerprint density at radius 2 is 1.86 bits per heavy atom. The first-order valence-corrected chi connectivity index (χ1v) is 7.94. The second-order valence-corrected chi connectivity index (χ2v) is 6.35. The molecule has 21 heavy (non-hydrogen) atoms. The molecule has 0 spiro atoms. The Balaban J connectivity index is 2.30. The maximum absolute atomic E-state index is 6.02. The Labute approximate surface area is 135 Å². The van der Waals surface area contributed by atoms with Gasteiger partial charge in [-0.15, -0.1) is 0 Å². The van der Waals surface area contributed by atoms with E-state index < -0.39 is 0 Å². The first-order chi connectivity index (χ1) is 10.0. The van der Waals surface area contributed by atoms with Crippen LogP contribution in [0.2, 0.25) is 0 Å². The van der Waals surface area contributed by atoms with Crippen molar-refractivity contribution in [3.8, 4) is 5.75 Å². The highest BCUT2D eigenvalue weighted by Gasteiger charge is 2.14. The normalized spacial score (nSPS) is 12.2. The molecule has 0 aromatic heterocycles. The van der Waals surface area contributed by atoms with Gasteiger partial charge in [0.2, 0.25) is 0 Å². The van der Waals surface area contributed by atoms with Gasteiger partial charge in [0.15, 0.2) is 0 Å². The summed E-state index contributed by atoms with van der Waals surface area (Å²) in [4.78, 5) is 0. The minimum Gasteiger partial charge on any atom is -0.496 e. The summed E-state index contributed by atoms with van der Waals surface area (Å²) in [6, 6.07) is 12.7. The van der Waals surface area contributed by atoms with Crippen LogP contribution < -0.4 is 10.5 Å². The molecule has 0 aliphatic carbocycles. The molecule has 0 amide bonds. The average molecular weight is 348 g/mol. The number of hydrogen-bond donors (Lipinski definition) is 1. The van der Waals surface area contributed by atoms with Crippen molar-refractivity contribution in [3.05, 3.63) is 63.1 Å². The fraction of sp³-hybridized carbons (Fsp3) is 0.333. The number of rotatable bonds is 5. The third kappa shape index (κ3) is 3.86. The lowest BCUT2D eigenvalue weighted by Crippen LogP contribution is -2.15. The molecule has 2 aromatic carbocycles. The van der Waals surface area contributed by atoms with Crippen molar-refractivity contribution in [2.75, 3.05) is 13.7 Å². The number of halogens is 1. The molecule has 1 atom stereocenters.